The van der Waals surface area contributed by atoms with Crippen LogP contribution in [0.5, 0.6) is 0 Å². The molecule has 0 radical (unpaired) electrons. The fraction of sp³-hybridized carbons (Fsp3) is 0.130. The van der Waals surface area contributed by atoms with Crippen LogP contribution >= 0.6 is 11.6 Å². The zero-order valence-corrected chi connectivity index (χ0v) is 17.9. The first kappa shape index (κ1) is 23.1. The number of pyridine rings is 1. The Hall–Kier alpha value is -3.52. The molecule has 3 aromatic rings. The number of rotatable bonds is 5. The summed E-state index contributed by atoms with van der Waals surface area (Å²) in [6, 6.07) is 8.28. The van der Waals surface area contributed by atoms with Crippen molar-refractivity contribution in [1.29, 1.82) is 0 Å². The number of hydrogen-bond donors (Lipinski definition) is 1. The molecule has 0 unspecified atom stereocenters. The molecule has 0 aliphatic carbocycles. The number of alkyl halides is 3. The molecule has 5 nitrogen and oxygen atoms in total. The Morgan fingerprint density at radius 1 is 1.16 bits per heavy atom. The van der Waals surface area contributed by atoms with E-state index in [2.05, 4.69) is 26.8 Å². The molecule has 1 aromatic carbocycles. The van der Waals surface area contributed by atoms with Crippen molar-refractivity contribution in [2.75, 3.05) is 5.32 Å². The summed E-state index contributed by atoms with van der Waals surface area (Å²) in [5, 5.41) is 3.04. The highest BCUT2D eigenvalue weighted by molar-refractivity contribution is 6.33. The maximum absolute atomic E-state index is 12.7. The summed E-state index contributed by atoms with van der Waals surface area (Å²) in [6.45, 7) is 6.14. The van der Waals surface area contributed by atoms with Gasteiger partial charge in [0.15, 0.2) is 5.65 Å². The number of carbonyl (C=O) groups is 1. The van der Waals surface area contributed by atoms with Crippen molar-refractivity contribution in [2.45, 2.75) is 20.0 Å². The van der Waals surface area contributed by atoms with Gasteiger partial charge in [-0.1, -0.05) is 24.3 Å². The van der Waals surface area contributed by atoms with E-state index in [9.17, 15) is 18.0 Å². The first-order chi connectivity index (χ1) is 15.1. The van der Waals surface area contributed by atoms with Crippen molar-refractivity contribution in [3.05, 3.63) is 83.2 Å². The fourth-order valence-electron chi connectivity index (χ4n) is 2.69. The molecule has 3 rings (SSSR count). The standard InChI is InChI=1S/C23H18ClF3N4O/c1-13(2)16(8-6-14(3)23(25,26)27)22(32)30-15-7-9-18(24)17(11-15)20-12-29-19-5-4-10-28-21(19)31-20/h4-12H,1H2,2-3H3,(H,30,32)/b14-6+,16-8+. The maximum atomic E-state index is 12.7. The van der Waals surface area contributed by atoms with Crippen LogP contribution in [0.2, 0.25) is 5.02 Å². The minimum absolute atomic E-state index is 0.0137. The lowest BCUT2D eigenvalue weighted by molar-refractivity contribution is -0.112. The number of amides is 1. The van der Waals surface area contributed by atoms with Crippen LogP contribution in [0.1, 0.15) is 13.8 Å². The van der Waals surface area contributed by atoms with E-state index < -0.39 is 17.7 Å². The van der Waals surface area contributed by atoms with E-state index in [1.54, 1.807) is 42.7 Å². The molecule has 0 aliphatic rings. The first-order valence-electron chi connectivity index (χ1n) is 9.37. The number of halogens is 4. The van der Waals surface area contributed by atoms with E-state index in [0.29, 0.717) is 38.7 Å². The van der Waals surface area contributed by atoms with E-state index in [4.69, 9.17) is 11.6 Å². The second-order valence-corrected chi connectivity index (χ2v) is 7.37. The Kier molecular flexibility index (Phi) is 6.74. The average molecular weight is 459 g/mol. The Morgan fingerprint density at radius 2 is 1.91 bits per heavy atom. The largest absolute Gasteiger partial charge is 0.412 e. The smallest absolute Gasteiger partial charge is 0.322 e. The van der Waals surface area contributed by atoms with Crippen LogP contribution in [0.15, 0.2) is 78.2 Å². The summed E-state index contributed by atoms with van der Waals surface area (Å²) >= 11 is 6.32. The molecule has 0 saturated carbocycles. The molecule has 1 amide bonds. The molecule has 1 N–H and O–H groups in total. The third-order valence-corrected chi connectivity index (χ3v) is 4.80. The van der Waals surface area contributed by atoms with E-state index in [-0.39, 0.29) is 5.57 Å². The number of allylic oxidation sites excluding steroid dienone is 3. The Labute approximate surface area is 187 Å². The van der Waals surface area contributed by atoms with Crippen molar-refractivity contribution in [1.82, 2.24) is 15.0 Å². The van der Waals surface area contributed by atoms with Crippen molar-refractivity contribution >= 4 is 34.4 Å². The molecule has 0 saturated heterocycles. The van der Waals surface area contributed by atoms with Crippen LogP contribution in [-0.4, -0.2) is 27.0 Å². The Balaban J connectivity index is 1.91. The van der Waals surface area contributed by atoms with Gasteiger partial charge in [-0.3, -0.25) is 9.78 Å². The first-order valence-corrected chi connectivity index (χ1v) is 9.75. The van der Waals surface area contributed by atoms with E-state index in [1.807, 2.05) is 0 Å². The van der Waals surface area contributed by atoms with Gasteiger partial charge in [0, 0.05) is 28.6 Å². The summed E-state index contributed by atoms with van der Waals surface area (Å²) in [5.41, 5.74) is 1.90. The summed E-state index contributed by atoms with van der Waals surface area (Å²) < 4.78 is 38.2. The Morgan fingerprint density at radius 3 is 2.59 bits per heavy atom. The molecule has 32 heavy (non-hydrogen) atoms. The third-order valence-electron chi connectivity index (χ3n) is 4.47. The minimum Gasteiger partial charge on any atom is -0.322 e. The SMILES string of the molecule is C=C(C)/C(=C\C=C(/C)C(F)(F)F)C(=O)Nc1ccc(Cl)c(-c2cnc3cccnc3n2)c1. The van der Waals surface area contributed by atoms with Gasteiger partial charge in [0.25, 0.3) is 5.91 Å². The van der Waals surface area contributed by atoms with Gasteiger partial charge in [0.1, 0.15) is 5.52 Å². The van der Waals surface area contributed by atoms with Crippen molar-refractivity contribution in [3.63, 3.8) is 0 Å². The molecule has 0 fully saturated rings. The van der Waals surface area contributed by atoms with Gasteiger partial charge >= 0.3 is 6.18 Å². The second kappa shape index (κ2) is 9.32. The molecule has 164 valence electrons. The lowest BCUT2D eigenvalue weighted by Gasteiger charge is -2.11. The normalized spacial score (nSPS) is 12.7. The van der Waals surface area contributed by atoms with Gasteiger partial charge in [-0.05, 0) is 55.8 Å². The van der Waals surface area contributed by atoms with Gasteiger partial charge in [-0.15, -0.1) is 0 Å². The number of fused-ring (bicyclic) bond motifs is 1. The summed E-state index contributed by atoms with van der Waals surface area (Å²) in [5.74, 6) is -0.608. The fourth-order valence-corrected chi connectivity index (χ4v) is 2.91. The van der Waals surface area contributed by atoms with Gasteiger partial charge in [-0.2, -0.15) is 13.2 Å². The minimum atomic E-state index is -4.48. The van der Waals surface area contributed by atoms with Crippen LogP contribution in [0.25, 0.3) is 22.4 Å². The number of benzene rings is 1. The van der Waals surface area contributed by atoms with Crippen molar-refractivity contribution in [2.24, 2.45) is 0 Å². The molecular weight excluding hydrogens is 441 g/mol. The predicted molar refractivity (Wildman–Crippen MR) is 119 cm³/mol. The molecule has 0 aliphatic heterocycles. The van der Waals surface area contributed by atoms with Gasteiger partial charge in [-0.25, -0.2) is 9.97 Å². The average Bonchev–Trinajstić information content (AvgIpc) is 2.73. The molecule has 2 aromatic heterocycles. The number of aromatic nitrogens is 3. The molecule has 0 spiro atoms. The van der Waals surface area contributed by atoms with E-state index in [0.717, 1.165) is 19.1 Å². The van der Waals surface area contributed by atoms with E-state index >= 15 is 0 Å². The number of carbonyl (C=O) groups excluding carboxylic acids is 1. The third kappa shape index (κ3) is 5.39. The van der Waals surface area contributed by atoms with Gasteiger partial charge in [0.05, 0.1) is 16.9 Å². The zero-order valence-electron chi connectivity index (χ0n) is 17.2. The molecule has 9 heteroatoms. The summed E-state index contributed by atoms with van der Waals surface area (Å²) in [6.07, 6.45) is 0.598. The van der Waals surface area contributed by atoms with Crippen LogP contribution in [-0.2, 0) is 4.79 Å². The molecule has 2 heterocycles. The zero-order chi connectivity index (χ0) is 23.5. The van der Waals surface area contributed by atoms with Gasteiger partial charge < -0.3 is 5.32 Å². The lowest BCUT2D eigenvalue weighted by Crippen LogP contribution is -2.15. The van der Waals surface area contributed by atoms with Crippen LogP contribution < -0.4 is 5.32 Å². The van der Waals surface area contributed by atoms with Crippen LogP contribution in [0.4, 0.5) is 18.9 Å². The predicted octanol–water partition coefficient (Wildman–Crippen LogP) is 6.29. The molecular formula is C23H18ClF3N4O. The van der Waals surface area contributed by atoms with Gasteiger partial charge in [0.2, 0.25) is 0 Å². The van der Waals surface area contributed by atoms with Crippen molar-refractivity contribution < 1.29 is 18.0 Å². The number of hydrogen-bond acceptors (Lipinski definition) is 4. The molecule has 0 bridgehead atoms. The molecule has 0 atom stereocenters. The summed E-state index contributed by atoms with van der Waals surface area (Å²) in [4.78, 5) is 25.6. The summed E-state index contributed by atoms with van der Waals surface area (Å²) in [7, 11) is 0. The highest BCUT2D eigenvalue weighted by Gasteiger charge is 2.29. The number of nitrogens with one attached hydrogen (secondary N) is 1. The number of nitrogens with zero attached hydrogens (tertiary/aromatic N) is 3. The lowest BCUT2D eigenvalue weighted by atomic mass is 10.1. The van der Waals surface area contributed by atoms with E-state index in [1.165, 1.54) is 6.92 Å². The highest BCUT2D eigenvalue weighted by atomic mass is 35.5. The monoisotopic (exact) mass is 458 g/mol. The maximum Gasteiger partial charge on any atom is 0.412 e. The van der Waals surface area contributed by atoms with Crippen molar-refractivity contribution in [3.8, 4) is 11.3 Å². The highest BCUT2D eigenvalue weighted by Crippen LogP contribution is 2.30. The second-order valence-electron chi connectivity index (χ2n) is 6.96. The number of anilines is 1. The van der Waals surface area contributed by atoms with Crippen LogP contribution in [0, 0.1) is 0 Å². The Bertz CT molecular complexity index is 1270. The quantitative estimate of drug-likeness (QED) is 0.360. The van der Waals surface area contributed by atoms with Crippen LogP contribution in [0.3, 0.4) is 0 Å². The topological polar surface area (TPSA) is 67.8 Å².